The molecule has 1 heterocycles. The Kier molecular flexibility index (Phi) is 10.8. The summed E-state index contributed by atoms with van der Waals surface area (Å²) in [5.41, 5.74) is 0.674. The van der Waals surface area contributed by atoms with Crippen LogP contribution in [0, 0.1) is 56.2 Å². The lowest BCUT2D eigenvalue weighted by Gasteiger charge is -2.72. The van der Waals surface area contributed by atoms with Gasteiger partial charge in [0, 0.05) is 24.4 Å². The van der Waals surface area contributed by atoms with Crippen molar-refractivity contribution in [3.05, 3.63) is 42.7 Å². The number of aromatic nitrogens is 1. The molecule has 2 unspecified atom stereocenters. The Morgan fingerprint density at radius 1 is 0.900 bits per heavy atom. The van der Waals surface area contributed by atoms with Gasteiger partial charge in [0.2, 0.25) is 5.91 Å². The number of ether oxygens (including phenoxy) is 1. The van der Waals surface area contributed by atoms with Crippen molar-refractivity contribution in [2.45, 2.75) is 152 Å². The van der Waals surface area contributed by atoms with Crippen LogP contribution in [-0.2, 0) is 25.7 Å². The van der Waals surface area contributed by atoms with Gasteiger partial charge in [0.25, 0.3) is 0 Å². The highest BCUT2D eigenvalue weighted by molar-refractivity contribution is 5.83. The van der Waals surface area contributed by atoms with Gasteiger partial charge in [-0.1, -0.05) is 61.0 Å². The van der Waals surface area contributed by atoms with Crippen molar-refractivity contribution in [3.63, 3.8) is 0 Å². The van der Waals surface area contributed by atoms with E-state index < -0.39 is 11.4 Å². The number of nitrogens with one attached hydrogen (secondary N) is 1. The van der Waals surface area contributed by atoms with Crippen LogP contribution in [0.1, 0.15) is 144 Å². The van der Waals surface area contributed by atoms with Crippen molar-refractivity contribution in [1.29, 1.82) is 0 Å². The van der Waals surface area contributed by atoms with Crippen LogP contribution >= 0.6 is 0 Å². The lowest BCUT2D eigenvalue weighted by Crippen LogP contribution is -2.67. The fourth-order valence-corrected chi connectivity index (χ4v) is 13.1. The molecule has 1 amide bonds. The molecule has 7 heteroatoms. The van der Waals surface area contributed by atoms with Gasteiger partial charge >= 0.3 is 11.9 Å². The van der Waals surface area contributed by atoms with Gasteiger partial charge in [-0.25, -0.2) is 0 Å². The van der Waals surface area contributed by atoms with Gasteiger partial charge in [-0.2, -0.15) is 0 Å². The van der Waals surface area contributed by atoms with E-state index in [0.29, 0.717) is 30.2 Å². The first-order chi connectivity index (χ1) is 23.4. The lowest BCUT2D eigenvalue weighted by molar-refractivity contribution is -0.247. The molecule has 0 spiro atoms. The second kappa shape index (κ2) is 14.0. The molecule has 0 aliphatic heterocycles. The topological polar surface area (TPSA) is 106 Å². The standard InChI is InChI=1S/C40H60N2O5.C3H6/c1-35(2,23-32(43)44)24-33(45)47-31-13-17-37(5)29(36(31,3)4)12-18-39(7)30(37)11-10-27-28-9-8-16-40(28,20-19-38(27,39)6)34(46)42-25-26-14-21-41-22-15-26;1-3-2/h14-15,21-22,27-31H,8-13,16-20,23-25H2,1-7H3,(H,42,46)(H,43,44);3H,1H2,2H3/t27-,28-,29?,30?,31+,37+,38-,39-,40+;/m1./s1. The first kappa shape index (κ1) is 38.5. The summed E-state index contributed by atoms with van der Waals surface area (Å²) in [6.07, 6.45) is 17.4. The minimum Gasteiger partial charge on any atom is -0.481 e. The van der Waals surface area contributed by atoms with Gasteiger partial charge in [-0.15, -0.1) is 6.58 Å². The number of carboxylic acids is 1. The highest BCUT2D eigenvalue weighted by Gasteiger charge is 2.71. The summed E-state index contributed by atoms with van der Waals surface area (Å²) in [6, 6.07) is 3.98. The Labute approximate surface area is 302 Å². The number of pyridine rings is 1. The molecule has 1 aromatic rings. The fourth-order valence-electron chi connectivity index (χ4n) is 13.1. The molecule has 5 aliphatic carbocycles. The van der Waals surface area contributed by atoms with Crippen LogP contribution in [0.3, 0.4) is 0 Å². The number of carbonyl (C=O) groups excluding carboxylic acids is 2. The van der Waals surface area contributed by atoms with Gasteiger partial charge in [-0.05, 0) is 134 Å². The van der Waals surface area contributed by atoms with E-state index in [9.17, 15) is 19.5 Å². The second-order valence-electron chi connectivity index (χ2n) is 19.0. The van der Waals surface area contributed by atoms with Gasteiger partial charge in [0.15, 0.2) is 0 Å². The molecule has 6 rings (SSSR count). The predicted molar refractivity (Wildman–Crippen MR) is 198 cm³/mol. The lowest BCUT2D eigenvalue weighted by atomic mass is 9.32. The highest BCUT2D eigenvalue weighted by atomic mass is 16.5. The number of carboxylic acid groups (broad SMARTS) is 1. The second-order valence-corrected chi connectivity index (χ2v) is 19.0. The Morgan fingerprint density at radius 3 is 2.24 bits per heavy atom. The monoisotopic (exact) mass is 690 g/mol. The zero-order valence-electron chi connectivity index (χ0n) is 32.4. The molecule has 0 saturated heterocycles. The summed E-state index contributed by atoms with van der Waals surface area (Å²) in [6.45, 7) is 21.9. The third kappa shape index (κ3) is 6.57. The molecular weight excluding hydrogens is 624 g/mol. The quantitative estimate of drug-likeness (QED) is 0.208. The maximum absolute atomic E-state index is 14.1. The smallest absolute Gasteiger partial charge is 0.306 e. The molecule has 278 valence electrons. The SMILES string of the molecule is C=CC.CC(C)(CC(=O)O)CC(=O)O[C@H]1CC[C@@]2(C)C(CC[C@]3(C)C2CC[C@@H]2[C@H]4CCC[C@]4(C(=O)NCc4ccncc4)CC[C@]23C)C1(C)C. The number of hydrogen-bond acceptors (Lipinski definition) is 5. The number of carbonyl (C=O) groups is 3. The van der Waals surface area contributed by atoms with E-state index in [2.05, 4.69) is 51.5 Å². The highest BCUT2D eigenvalue weighted by Crippen LogP contribution is 2.77. The zero-order valence-corrected chi connectivity index (χ0v) is 32.4. The maximum atomic E-state index is 14.1. The van der Waals surface area contributed by atoms with E-state index in [4.69, 9.17) is 4.74 Å². The van der Waals surface area contributed by atoms with Crippen molar-refractivity contribution >= 4 is 17.8 Å². The van der Waals surface area contributed by atoms with Gasteiger partial charge < -0.3 is 15.2 Å². The summed E-state index contributed by atoms with van der Waals surface area (Å²) in [4.78, 5) is 42.7. The van der Waals surface area contributed by atoms with Gasteiger partial charge in [0.1, 0.15) is 6.10 Å². The average molecular weight is 691 g/mol. The van der Waals surface area contributed by atoms with Crippen molar-refractivity contribution in [2.75, 3.05) is 0 Å². The Hall–Kier alpha value is -2.70. The van der Waals surface area contributed by atoms with Crippen molar-refractivity contribution in [3.8, 4) is 0 Å². The van der Waals surface area contributed by atoms with E-state index in [1.807, 2.05) is 32.9 Å². The fraction of sp³-hybridized carbons (Fsp3) is 0.767. The van der Waals surface area contributed by atoms with E-state index in [-0.39, 0.29) is 57.9 Å². The molecular formula is C43H66N2O5. The van der Waals surface area contributed by atoms with Crippen LogP contribution in [0.25, 0.3) is 0 Å². The number of aliphatic carboxylic acids is 1. The first-order valence-corrected chi connectivity index (χ1v) is 19.6. The normalized spacial score (nSPS) is 38.4. The summed E-state index contributed by atoms with van der Waals surface area (Å²) in [5.74, 6) is 1.23. The van der Waals surface area contributed by atoms with Crippen LogP contribution < -0.4 is 5.32 Å². The zero-order chi connectivity index (χ0) is 36.8. The van der Waals surface area contributed by atoms with Gasteiger partial charge in [0.05, 0.1) is 18.3 Å². The largest absolute Gasteiger partial charge is 0.481 e. The van der Waals surface area contributed by atoms with Crippen LogP contribution in [0.5, 0.6) is 0 Å². The third-order valence-electron chi connectivity index (χ3n) is 15.5. The first-order valence-electron chi connectivity index (χ1n) is 19.6. The molecule has 0 bridgehead atoms. The van der Waals surface area contributed by atoms with E-state index in [1.54, 1.807) is 18.5 Å². The number of amides is 1. The molecule has 5 aliphatic rings. The number of rotatable bonds is 8. The number of allylic oxidation sites excluding steroid dienone is 1. The molecule has 0 radical (unpaired) electrons. The molecule has 5 saturated carbocycles. The molecule has 50 heavy (non-hydrogen) atoms. The Bertz CT molecular complexity index is 1420. The van der Waals surface area contributed by atoms with Crippen LogP contribution in [0.4, 0.5) is 0 Å². The number of fused-ring (bicyclic) bond motifs is 7. The Morgan fingerprint density at radius 2 is 1.58 bits per heavy atom. The maximum Gasteiger partial charge on any atom is 0.306 e. The van der Waals surface area contributed by atoms with Crippen molar-refractivity contribution in [2.24, 2.45) is 56.2 Å². The molecule has 9 atom stereocenters. The van der Waals surface area contributed by atoms with Gasteiger partial charge in [-0.3, -0.25) is 19.4 Å². The minimum absolute atomic E-state index is 0.0465. The number of esters is 1. The molecule has 0 aromatic carbocycles. The minimum atomic E-state index is -0.883. The number of hydrogen-bond donors (Lipinski definition) is 2. The number of nitrogens with zero attached hydrogens (tertiary/aromatic N) is 1. The predicted octanol–water partition coefficient (Wildman–Crippen LogP) is 9.55. The Balaban J connectivity index is 0.00000156. The van der Waals surface area contributed by atoms with Crippen LogP contribution in [-0.4, -0.2) is 34.0 Å². The molecule has 2 N–H and O–H groups in total. The van der Waals surface area contributed by atoms with E-state index in [1.165, 1.54) is 25.7 Å². The molecule has 1 aromatic heterocycles. The molecule has 5 fully saturated rings. The van der Waals surface area contributed by atoms with Crippen LogP contribution in [0.15, 0.2) is 37.2 Å². The van der Waals surface area contributed by atoms with Crippen molar-refractivity contribution < 1.29 is 24.2 Å². The summed E-state index contributed by atoms with van der Waals surface area (Å²) in [7, 11) is 0. The van der Waals surface area contributed by atoms with E-state index >= 15 is 0 Å². The average Bonchev–Trinajstić information content (AvgIpc) is 3.47. The van der Waals surface area contributed by atoms with Crippen LogP contribution in [0.2, 0.25) is 0 Å². The summed E-state index contributed by atoms with van der Waals surface area (Å²) in [5, 5.41) is 12.7. The summed E-state index contributed by atoms with van der Waals surface area (Å²) >= 11 is 0. The third-order valence-corrected chi connectivity index (χ3v) is 15.5. The van der Waals surface area contributed by atoms with E-state index in [0.717, 1.165) is 50.5 Å². The van der Waals surface area contributed by atoms with Crippen molar-refractivity contribution in [1.82, 2.24) is 10.3 Å². The summed E-state index contributed by atoms with van der Waals surface area (Å²) < 4.78 is 6.24. The molecule has 7 nitrogen and oxygen atoms in total.